The fourth-order valence-corrected chi connectivity index (χ4v) is 4.38. The van der Waals surface area contributed by atoms with Crippen molar-refractivity contribution in [2.24, 2.45) is 23.5 Å². The van der Waals surface area contributed by atoms with E-state index in [1.165, 1.54) is 0 Å². The van der Waals surface area contributed by atoms with E-state index >= 15 is 0 Å². The summed E-state index contributed by atoms with van der Waals surface area (Å²) < 4.78 is 14.0. The summed E-state index contributed by atoms with van der Waals surface area (Å²) in [6.45, 7) is 4.07. The van der Waals surface area contributed by atoms with Crippen molar-refractivity contribution in [1.29, 1.82) is 5.26 Å². The first-order chi connectivity index (χ1) is 7.56. The first-order valence-corrected chi connectivity index (χ1v) is 6.64. The Morgan fingerprint density at radius 1 is 1.50 bits per heavy atom. The van der Waals surface area contributed by atoms with Gasteiger partial charge in [-0.15, -0.1) is 11.8 Å². The number of allylic oxidation sites excluding steroid dienone is 1. The van der Waals surface area contributed by atoms with E-state index in [0.717, 1.165) is 6.42 Å². The first-order valence-electron chi connectivity index (χ1n) is 5.76. The van der Waals surface area contributed by atoms with Gasteiger partial charge >= 0.3 is 0 Å². The van der Waals surface area contributed by atoms with Crippen LogP contribution in [0.5, 0.6) is 0 Å². The predicted molar refractivity (Wildman–Crippen MR) is 64.2 cm³/mol. The molecule has 1 aliphatic heterocycles. The van der Waals surface area contributed by atoms with Crippen LogP contribution in [-0.2, 0) is 0 Å². The summed E-state index contributed by atoms with van der Waals surface area (Å²) in [7, 11) is 0. The number of hydrogen-bond donors (Lipinski definition) is 1. The lowest BCUT2D eigenvalue weighted by Gasteiger charge is -2.38. The fraction of sp³-hybridized carbons (Fsp3) is 0.750. The summed E-state index contributed by atoms with van der Waals surface area (Å²) in [5.41, 5.74) is 6.49. The number of fused-ring (bicyclic) bond motifs is 1. The molecule has 0 bridgehead atoms. The van der Waals surface area contributed by atoms with Crippen LogP contribution in [0.2, 0.25) is 0 Å². The van der Waals surface area contributed by atoms with Crippen molar-refractivity contribution in [2.45, 2.75) is 38.1 Å². The second-order valence-corrected chi connectivity index (χ2v) is 6.27. The average molecular weight is 240 g/mol. The van der Waals surface area contributed by atoms with Gasteiger partial charge in [0.05, 0.1) is 16.7 Å². The monoisotopic (exact) mass is 240 g/mol. The number of alkyl halides is 1. The lowest BCUT2D eigenvalue weighted by atomic mass is 9.69. The van der Waals surface area contributed by atoms with E-state index in [4.69, 9.17) is 11.0 Å². The number of nitriles is 1. The first kappa shape index (κ1) is 11.8. The Hall–Kier alpha value is -0.690. The Labute approximate surface area is 100 Å². The largest absolute Gasteiger partial charge is 0.393 e. The van der Waals surface area contributed by atoms with E-state index in [1.54, 1.807) is 11.8 Å². The highest BCUT2D eigenvalue weighted by atomic mass is 32.2. The van der Waals surface area contributed by atoms with Crippen LogP contribution < -0.4 is 5.73 Å². The predicted octanol–water partition coefficient (Wildman–Crippen LogP) is 2.82. The van der Waals surface area contributed by atoms with Gasteiger partial charge in [0.25, 0.3) is 0 Å². The van der Waals surface area contributed by atoms with Gasteiger partial charge in [-0.3, -0.25) is 0 Å². The van der Waals surface area contributed by atoms with E-state index < -0.39 is 6.17 Å². The molecule has 0 radical (unpaired) electrons. The second kappa shape index (κ2) is 4.29. The smallest absolute Gasteiger partial charge is 0.104 e. The lowest BCUT2D eigenvalue weighted by Crippen LogP contribution is -2.39. The zero-order valence-corrected chi connectivity index (χ0v) is 10.4. The van der Waals surface area contributed by atoms with Crippen LogP contribution in [0.4, 0.5) is 4.39 Å². The Kier molecular flexibility index (Phi) is 3.16. The molecule has 0 aromatic rings. The van der Waals surface area contributed by atoms with E-state index in [-0.39, 0.29) is 17.8 Å². The normalized spacial score (nSPS) is 38.7. The molecule has 0 amide bonds. The fourth-order valence-electron chi connectivity index (χ4n) is 3.03. The van der Waals surface area contributed by atoms with Crippen LogP contribution >= 0.6 is 11.8 Å². The highest BCUT2D eigenvalue weighted by Gasteiger charge is 2.47. The summed E-state index contributed by atoms with van der Waals surface area (Å²) in [6.07, 6.45) is 0.672. The van der Waals surface area contributed by atoms with Crippen LogP contribution in [0, 0.1) is 29.1 Å². The van der Waals surface area contributed by atoms with Crippen LogP contribution in [0.3, 0.4) is 0 Å². The third-order valence-corrected chi connectivity index (χ3v) is 5.03. The molecule has 0 aromatic carbocycles. The third-order valence-electron chi connectivity index (χ3n) is 3.73. The Balaban J connectivity index is 2.34. The number of nitrogens with two attached hydrogens (primary N) is 1. The maximum Gasteiger partial charge on any atom is 0.104 e. The molecule has 2 N–H and O–H groups in total. The maximum absolute atomic E-state index is 14.0. The van der Waals surface area contributed by atoms with Gasteiger partial charge in [-0.05, 0) is 18.8 Å². The maximum atomic E-state index is 14.0. The molecule has 4 unspecified atom stereocenters. The molecule has 88 valence electrons. The number of nitrogens with zero attached hydrogens (tertiary/aromatic N) is 1. The molecule has 2 aliphatic rings. The topological polar surface area (TPSA) is 49.8 Å². The van der Waals surface area contributed by atoms with Crippen molar-refractivity contribution in [3.8, 4) is 6.07 Å². The molecule has 0 aromatic heterocycles. The molecule has 0 saturated heterocycles. The van der Waals surface area contributed by atoms with Gasteiger partial charge < -0.3 is 5.73 Å². The second-order valence-electron chi connectivity index (χ2n) is 4.99. The number of halogens is 1. The molecular weight excluding hydrogens is 223 g/mol. The minimum atomic E-state index is -0.781. The van der Waals surface area contributed by atoms with Gasteiger partial charge in [-0.1, -0.05) is 13.8 Å². The van der Waals surface area contributed by atoms with Gasteiger partial charge in [-0.2, -0.15) is 5.26 Å². The van der Waals surface area contributed by atoms with Crippen molar-refractivity contribution in [1.82, 2.24) is 0 Å². The highest BCUT2D eigenvalue weighted by Crippen LogP contribution is 2.52. The Morgan fingerprint density at radius 3 is 2.75 bits per heavy atom. The van der Waals surface area contributed by atoms with Crippen molar-refractivity contribution < 1.29 is 4.39 Å². The van der Waals surface area contributed by atoms with Gasteiger partial charge in [0.1, 0.15) is 6.17 Å². The quantitative estimate of drug-likeness (QED) is 0.766. The van der Waals surface area contributed by atoms with Gasteiger partial charge in [0.2, 0.25) is 0 Å². The molecular formula is C12H17FN2S. The average Bonchev–Trinajstić information content (AvgIpc) is 2.53. The highest BCUT2D eigenvalue weighted by molar-refractivity contribution is 8.03. The van der Waals surface area contributed by atoms with Crippen molar-refractivity contribution in [3.05, 3.63) is 10.6 Å². The molecule has 4 atom stereocenters. The summed E-state index contributed by atoms with van der Waals surface area (Å²) in [6, 6.07) is 2.19. The van der Waals surface area contributed by atoms with Crippen molar-refractivity contribution in [2.75, 3.05) is 0 Å². The van der Waals surface area contributed by atoms with Crippen LogP contribution in [-0.4, -0.2) is 11.4 Å². The standard InChI is InChI=1S/C12H17FN2S/c1-6(2)10-8(13)3-4-9-11(10)7(5-14)12(15)16-9/h6,8-11H,3-4,15H2,1-2H3. The minimum absolute atomic E-state index is 0.0399. The van der Waals surface area contributed by atoms with E-state index in [9.17, 15) is 4.39 Å². The van der Waals surface area contributed by atoms with Gasteiger partial charge in [0, 0.05) is 17.1 Å². The summed E-state index contributed by atoms with van der Waals surface area (Å²) >= 11 is 1.57. The van der Waals surface area contributed by atoms with Crippen LogP contribution in [0.25, 0.3) is 0 Å². The van der Waals surface area contributed by atoms with E-state index in [2.05, 4.69) is 6.07 Å². The lowest BCUT2D eigenvalue weighted by molar-refractivity contribution is 0.0946. The zero-order chi connectivity index (χ0) is 11.9. The Bertz CT molecular complexity index is 359. The summed E-state index contributed by atoms with van der Waals surface area (Å²) in [5.74, 6) is 0.262. The molecule has 1 aliphatic carbocycles. The molecule has 2 rings (SSSR count). The molecule has 1 heterocycles. The van der Waals surface area contributed by atoms with Gasteiger partial charge in [-0.25, -0.2) is 4.39 Å². The molecule has 0 spiro atoms. The molecule has 1 saturated carbocycles. The summed E-state index contributed by atoms with van der Waals surface area (Å²) in [4.78, 5) is 0. The number of thioether (sulfide) groups is 1. The number of rotatable bonds is 1. The van der Waals surface area contributed by atoms with E-state index in [0.29, 0.717) is 22.3 Å². The minimum Gasteiger partial charge on any atom is -0.393 e. The SMILES string of the molecule is CC(C)C1C(F)CCC2SC(N)=C(C#N)C21. The third kappa shape index (κ3) is 1.71. The molecule has 16 heavy (non-hydrogen) atoms. The molecule has 4 heteroatoms. The van der Waals surface area contributed by atoms with Crippen molar-refractivity contribution in [3.63, 3.8) is 0 Å². The van der Waals surface area contributed by atoms with E-state index in [1.807, 2.05) is 13.8 Å². The molecule has 1 fully saturated rings. The van der Waals surface area contributed by atoms with Crippen molar-refractivity contribution >= 4 is 11.8 Å². The zero-order valence-electron chi connectivity index (χ0n) is 9.61. The number of hydrogen-bond acceptors (Lipinski definition) is 3. The molecule has 2 nitrogen and oxygen atoms in total. The summed E-state index contributed by atoms with van der Waals surface area (Å²) in [5, 5.41) is 10.1. The van der Waals surface area contributed by atoms with Gasteiger partial charge in [0.15, 0.2) is 0 Å². The van der Waals surface area contributed by atoms with Crippen LogP contribution in [0.1, 0.15) is 26.7 Å². The Morgan fingerprint density at radius 2 is 2.19 bits per heavy atom. The van der Waals surface area contributed by atoms with Crippen LogP contribution in [0.15, 0.2) is 10.6 Å².